The molecule has 0 aromatic carbocycles. The number of phosphoric ester groups is 3. The van der Waals surface area contributed by atoms with Crippen LogP contribution in [0.1, 0.15) is 38.3 Å². The van der Waals surface area contributed by atoms with Crippen molar-refractivity contribution in [2.75, 3.05) is 32.0 Å². The average Bonchev–Trinajstić information content (AvgIpc) is 3.78. The van der Waals surface area contributed by atoms with E-state index in [0.29, 0.717) is 19.5 Å². The van der Waals surface area contributed by atoms with Crippen molar-refractivity contribution < 1.29 is 80.5 Å². The molecule has 0 saturated carbocycles. The van der Waals surface area contributed by atoms with E-state index in [-0.39, 0.29) is 29.0 Å². The van der Waals surface area contributed by atoms with Gasteiger partial charge < -0.3 is 61.4 Å². The molecule has 29 heteroatoms. The number of imidazole rings is 1. The lowest BCUT2D eigenvalue weighted by atomic mass is 10.1. The molecule has 0 spiro atoms. The molecule has 10 atom stereocenters. The Labute approximate surface area is 317 Å². The molecule has 2 saturated heterocycles. The molecular formula is C27H44N9O17P3. The van der Waals surface area contributed by atoms with Gasteiger partial charge in [-0.05, 0) is 25.8 Å². The van der Waals surface area contributed by atoms with E-state index in [4.69, 9.17) is 45.1 Å². The van der Waals surface area contributed by atoms with Gasteiger partial charge in [-0.2, -0.15) is 4.31 Å². The Balaban J connectivity index is 1.22. The highest BCUT2D eigenvalue weighted by Gasteiger charge is 2.51. The number of primary amides is 1. The number of nitrogens with zero attached hydrogens (tertiary/aromatic N) is 5. The number of amides is 1. The Morgan fingerprint density at radius 2 is 1.61 bits per heavy atom. The van der Waals surface area contributed by atoms with Crippen LogP contribution < -0.4 is 22.7 Å². The normalized spacial score (nSPS) is 29.1. The third-order valence-electron chi connectivity index (χ3n) is 8.54. The smallest absolute Gasteiger partial charge is 0.387 e. The van der Waals surface area contributed by atoms with E-state index < -0.39 is 91.7 Å². The molecule has 3 aliphatic heterocycles. The van der Waals surface area contributed by atoms with Crippen LogP contribution in [0, 0.1) is 0 Å². The quantitative estimate of drug-likeness (QED) is 0.0387. The summed E-state index contributed by atoms with van der Waals surface area (Å²) in [7, 11) is -16.3. The first-order valence-corrected chi connectivity index (χ1v) is 21.4. The van der Waals surface area contributed by atoms with Crippen molar-refractivity contribution in [3.05, 3.63) is 36.7 Å². The lowest BCUT2D eigenvalue weighted by Gasteiger charge is -2.28. The fourth-order valence-corrected chi connectivity index (χ4v) is 8.55. The summed E-state index contributed by atoms with van der Waals surface area (Å²) in [5, 5.41) is 22.0. The zero-order chi connectivity index (χ0) is 40.8. The number of aliphatic hydroxyl groups excluding tert-OH is 2. The molecule has 0 aliphatic carbocycles. The number of nitrogen functional groups attached to an aromatic ring is 1. The lowest BCUT2D eigenvalue weighted by Crippen LogP contribution is -2.43. The van der Waals surface area contributed by atoms with Crippen LogP contribution in [-0.4, -0.2) is 129 Å². The van der Waals surface area contributed by atoms with E-state index in [1.54, 1.807) is 6.08 Å². The van der Waals surface area contributed by atoms with E-state index in [0.717, 1.165) is 36.5 Å². The number of anilines is 1. The number of unbranched alkanes of at least 4 members (excludes halogenated alkanes) is 3. The van der Waals surface area contributed by atoms with E-state index in [9.17, 15) is 48.3 Å². The largest absolute Gasteiger partial charge is 0.481 e. The highest BCUT2D eigenvalue weighted by Crippen LogP contribution is 2.61. The lowest BCUT2D eigenvalue weighted by molar-refractivity contribution is -0.115. The van der Waals surface area contributed by atoms with Gasteiger partial charge in [-0.1, -0.05) is 18.9 Å². The van der Waals surface area contributed by atoms with Gasteiger partial charge in [-0.25, -0.2) is 34.1 Å². The Morgan fingerprint density at radius 1 is 0.929 bits per heavy atom. The van der Waals surface area contributed by atoms with Crippen molar-refractivity contribution in [2.24, 2.45) is 11.5 Å². The van der Waals surface area contributed by atoms with Gasteiger partial charge in [0.25, 0.3) is 0 Å². The van der Waals surface area contributed by atoms with Gasteiger partial charge in [0.1, 0.15) is 48.5 Å². The highest BCUT2D eigenvalue weighted by molar-refractivity contribution is 7.61. The molecule has 56 heavy (non-hydrogen) atoms. The summed E-state index contributed by atoms with van der Waals surface area (Å²) in [5.41, 5.74) is 19.7. The van der Waals surface area contributed by atoms with E-state index in [1.807, 2.05) is 0 Å². The van der Waals surface area contributed by atoms with Gasteiger partial charge in [0.05, 0.1) is 19.5 Å². The fraction of sp³-hybridized carbons (Fsp3) is 0.630. The van der Waals surface area contributed by atoms with Crippen molar-refractivity contribution in [1.29, 1.82) is 0 Å². The number of ether oxygens (including phenoxy) is 2. The maximum atomic E-state index is 12.9. The van der Waals surface area contributed by atoms with Crippen molar-refractivity contribution in [3.8, 4) is 0 Å². The first kappa shape index (κ1) is 44.3. The summed E-state index contributed by atoms with van der Waals surface area (Å²) < 4.78 is 69.1. The minimum atomic E-state index is -5.54. The number of hydrogen-bond donors (Lipinski definition) is 10. The van der Waals surface area contributed by atoms with Crippen LogP contribution in [-0.2, 0) is 50.7 Å². The van der Waals surface area contributed by atoms with Crippen LogP contribution in [0.4, 0.5) is 5.82 Å². The SMILES string of the molecule is NCCCCCCNO[C@H]1[C@@H](O)[C@H](N2C=CCC(C(N)=O)=C2)O[C@@H]1COP(=O)(O)OP(=O)(O)OC[C@H]1O[C@@H](n2cnc3c(N)ncnc32)[C@H](OP(=O)(O)O)[C@@H]1O. The third-order valence-corrected chi connectivity index (χ3v) is 11.7. The van der Waals surface area contributed by atoms with Gasteiger partial charge in [-0.3, -0.25) is 27.8 Å². The summed E-state index contributed by atoms with van der Waals surface area (Å²) in [6, 6.07) is 0. The number of rotatable bonds is 21. The number of hydroxylamine groups is 1. The molecule has 26 nitrogen and oxygen atoms in total. The summed E-state index contributed by atoms with van der Waals surface area (Å²) in [6.45, 7) is -1.01. The first-order valence-electron chi connectivity index (χ1n) is 16.9. The van der Waals surface area contributed by atoms with Gasteiger partial charge >= 0.3 is 23.5 Å². The second kappa shape index (κ2) is 18.8. The number of carbonyl (C=O) groups is 1. The van der Waals surface area contributed by atoms with Crippen LogP contribution in [0.2, 0.25) is 0 Å². The monoisotopic (exact) mass is 859 g/mol. The number of nitrogens with one attached hydrogen (secondary N) is 1. The molecule has 5 rings (SSSR count). The molecule has 314 valence electrons. The Morgan fingerprint density at radius 3 is 2.29 bits per heavy atom. The molecule has 5 heterocycles. The standard InChI is InChI=1S/C27H44N9O17P3/c28-7-3-1-2-4-8-34-51-21-17(50-26(20(21)38)35-9-5-6-15(10-35)24(30)39)12-48-56(45,46)53-55(43,44)47-11-16-19(37)22(52-54(40,41)42)27(49-16)36-14-33-18-23(29)31-13-32-25(18)36/h5,9-10,13-14,16-17,19-22,26-27,34,37-38H,1-4,6-8,11-12,28H2,(H2,30,39)(H,43,44)(H,45,46)(H2,29,31,32)(H2,40,41,42)/t16-,17-,19-,20-,21-,22-,26-,27-/m1/s1. The van der Waals surface area contributed by atoms with E-state index in [2.05, 4.69) is 24.7 Å². The number of allylic oxidation sites excluding steroid dienone is 1. The maximum Gasteiger partial charge on any atom is 0.481 e. The second-order valence-electron chi connectivity index (χ2n) is 12.6. The molecule has 13 N–H and O–H groups in total. The minimum Gasteiger partial charge on any atom is -0.387 e. The zero-order valence-electron chi connectivity index (χ0n) is 29.4. The molecule has 0 radical (unpaired) electrons. The molecule has 0 bridgehead atoms. The summed E-state index contributed by atoms with van der Waals surface area (Å²) in [4.78, 5) is 70.3. The summed E-state index contributed by atoms with van der Waals surface area (Å²) >= 11 is 0. The maximum absolute atomic E-state index is 12.9. The minimum absolute atomic E-state index is 0.0104. The second-order valence-corrected chi connectivity index (χ2v) is 16.8. The molecule has 3 aliphatic rings. The summed E-state index contributed by atoms with van der Waals surface area (Å²) in [5.74, 6) is -0.760. The topological polar surface area (TPSA) is 391 Å². The molecule has 2 unspecified atom stereocenters. The Hall–Kier alpha value is -2.81. The Bertz CT molecular complexity index is 1880. The molecule has 2 aromatic rings. The van der Waals surface area contributed by atoms with E-state index in [1.165, 1.54) is 17.3 Å². The van der Waals surface area contributed by atoms with Gasteiger partial charge in [0.15, 0.2) is 23.9 Å². The van der Waals surface area contributed by atoms with Gasteiger partial charge in [0.2, 0.25) is 5.91 Å². The van der Waals surface area contributed by atoms with Crippen LogP contribution in [0.3, 0.4) is 0 Å². The number of fused-ring (bicyclic) bond motifs is 1. The number of hydrogen-bond acceptors (Lipinski definition) is 20. The van der Waals surface area contributed by atoms with Crippen molar-refractivity contribution in [3.63, 3.8) is 0 Å². The molecule has 2 aromatic heterocycles. The van der Waals surface area contributed by atoms with Crippen molar-refractivity contribution in [2.45, 2.75) is 81.2 Å². The summed E-state index contributed by atoms with van der Waals surface area (Å²) in [6.07, 6.45) is -2.12. The average molecular weight is 860 g/mol. The van der Waals surface area contributed by atoms with E-state index >= 15 is 0 Å². The van der Waals surface area contributed by atoms with Crippen LogP contribution in [0.15, 0.2) is 36.7 Å². The van der Waals surface area contributed by atoms with Gasteiger partial charge in [-0.15, -0.1) is 0 Å². The molecular weight excluding hydrogens is 815 g/mol. The Kier molecular flexibility index (Phi) is 14.9. The number of phosphoric acid groups is 3. The van der Waals surface area contributed by atoms with Crippen molar-refractivity contribution >= 4 is 46.4 Å². The van der Waals surface area contributed by atoms with Crippen LogP contribution >= 0.6 is 23.5 Å². The molecule has 1 amide bonds. The predicted molar refractivity (Wildman–Crippen MR) is 187 cm³/mol. The number of carbonyl (C=O) groups excluding carboxylic acids is 1. The predicted octanol–water partition coefficient (Wildman–Crippen LogP) is -1.52. The number of aliphatic hydroxyl groups is 2. The number of aromatic nitrogens is 4. The van der Waals surface area contributed by atoms with Crippen LogP contribution in [0.25, 0.3) is 11.2 Å². The highest BCUT2D eigenvalue weighted by atomic mass is 31.3. The molecule has 2 fully saturated rings. The number of nitrogens with two attached hydrogens (primary N) is 3. The first-order chi connectivity index (χ1) is 26.4. The fourth-order valence-electron chi connectivity index (χ4n) is 5.92. The van der Waals surface area contributed by atoms with Crippen molar-refractivity contribution in [1.82, 2.24) is 29.9 Å². The third kappa shape index (κ3) is 11.4. The zero-order valence-corrected chi connectivity index (χ0v) is 32.0. The van der Waals surface area contributed by atoms with Gasteiger partial charge in [0, 0.05) is 24.5 Å². The van der Waals surface area contributed by atoms with Crippen LogP contribution in [0.5, 0.6) is 0 Å².